The maximum Gasteiger partial charge on any atom is 0.274 e. The monoisotopic (exact) mass is 444 g/mol. The molecule has 3 aromatic heterocycles. The predicted octanol–water partition coefficient (Wildman–Crippen LogP) is 4.17. The molecule has 1 atom stereocenters. The fourth-order valence-corrected chi connectivity index (χ4v) is 4.29. The van der Waals surface area contributed by atoms with Crippen LogP contribution in [-0.4, -0.2) is 43.4 Å². The molecule has 33 heavy (non-hydrogen) atoms. The molecule has 0 spiro atoms. The minimum absolute atomic E-state index is 0.00593. The van der Waals surface area contributed by atoms with Gasteiger partial charge in [0.1, 0.15) is 5.65 Å². The predicted molar refractivity (Wildman–Crippen MR) is 125 cm³/mol. The molecular weight excluding hydrogens is 416 g/mol. The highest BCUT2D eigenvalue weighted by molar-refractivity contribution is 5.94. The highest BCUT2D eigenvalue weighted by Gasteiger charge is 2.26. The largest absolute Gasteiger partial charge is 0.337 e. The number of aromatic nitrogens is 4. The van der Waals surface area contributed by atoms with Crippen LogP contribution < -0.4 is 5.32 Å². The van der Waals surface area contributed by atoms with Gasteiger partial charge in [-0.1, -0.05) is 41.6 Å². The molecule has 5 rings (SSSR count). The fourth-order valence-electron chi connectivity index (χ4n) is 4.29. The van der Waals surface area contributed by atoms with Crippen molar-refractivity contribution >= 4 is 11.6 Å². The van der Waals surface area contributed by atoms with Crippen LogP contribution in [0.5, 0.6) is 0 Å². The lowest BCUT2D eigenvalue weighted by atomic mass is 10.1. The Morgan fingerprint density at radius 3 is 2.67 bits per heavy atom. The number of benzene rings is 1. The van der Waals surface area contributed by atoms with Crippen molar-refractivity contribution in [2.24, 2.45) is 0 Å². The lowest BCUT2D eigenvalue weighted by molar-refractivity contribution is 0.0717. The van der Waals surface area contributed by atoms with E-state index in [1.54, 1.807) is 0 Å². The second kappa shape index (κ2) is 9.15. The molecule has 0 bridgehead atoms. The summed E-state index contributed by atoms with van der Waals surface area (Å²) in [4.78, 5) is 24.6. The zero-order chi connectivity index (χ0) is 22.8. The van der Waals surface area contributed by atoms with E-state index in [9.17, 15) is 4.79 Å². The number of hydrogen-bond donors (Lipinski definition) is 1. The van der Waals surface area contributed by atoms with Crippen molar-refractivity contribution in [2.45, 2.75) is 45.7 Å². The van der Waals surface area contributed by atoms with Crippen molar-refractivity contribution in [3.63, 3.8) is 0 Å². The molecule has 1 N–H and O–H groups in total. The van der Waals surface area contributed by atoms with Gasteiger partial charge in [-0.05, 0) is 44.7 Å². The van der Waals surface area contributed by atoms with E-state index in [1.807, 2.05) is 71.8 Å². The smallest absolute Gasteiger partial charge is 0.274 e. The van der Waals surface area contributed by atoms with Crippen LogP contribution in [0.4, 0.5) is 0 Å². The van der Waals surface area contributed by atoms with Crippen LogP contribution in [0.25, 0.3) is 17.0 Å². The number of carbonyl (C=O) groups excluding carboxylic acids is 1. The van der Waals surface area contributed by atoms with E-state index in [1.165, 1.54) is 6.42 Å². The van der Waals surface area contributed by atoms with Crippen LogP contribution in [0.3, 0.4) is 0 Å². The van der Waals surface area contributed by atoms with Gasteiger partial charge in [0.05, 0.1) is 11.7 Å². The molecule has 0 saturated carbocycles. The number of hydrogen-bond acceptors (Lipinski definition) is 6. The van der Waals surface area contributed by atoms with Crippen LogP contribution in [-0.2, 0) is 6.54 Å². The summed E-state index contributed by atoms with van der Waals surface area (Å²) in [7, 11) is 0. The molecule has 1 aliphatic rings. The zero-order valence-electron chi connectivity index (χ0n) is 19.0. The Morgan fingerprint density at radius 2 is 1.88 bits per heavy atom. The first-order valence-electron chi connectivity index (χ1n) is 11.5. The molecule has 1 saturated heterocycles. The Kier molecular flexibility index (Phi) is 5.92. The van der Waals surface area contributed by atoms with E-state index in [4.69, 9.17) is 9.51 Å². The van der Waals surface area contributed by atoms with Crippen LogP contribution in [0.1, 0.15) is 59.9 Å². The molecule has 8 nitrogen and oxygen atoms in total. The minimum atomic E-state index is -0.191. The van der Waals surface area contributed by atoms with Crippen molar-refractivity contribution in [1.82, 2.24) is 29.7 Å². The second-order valence-corrected chi connectivity index (χ2v) is 8.57. The third-order valence-corrected chi connectivity index (χ3v) is 6.21. The fraction of sp³-hybridized carbons (Fsp3) is 0.360. The molecule has 1 fully saturated rings. The molecular formula is C25H28N6O2. The Balaban J connectivity index is 1.39. The second-order valence-electron chi connectivity index (χ2n) is 8.57. The molecule has 1 amide bonds. The van der Waals surface area contributed by atoms with Gasteiger partial charge in [0.2, 0.25) is 11.7 Å². The standard InChI is InChI=1S/C25H28N6O2/c1-17-10-9-15-31-20(21(27-23(17)31)25(32)30-13-7-4-8-14-30)16-26-18(2)24-28-22(29-33-24)19-11-5-3-6-12-19/h3,5-6,9-12,15,18,26H,4,7-8,13-14,16H2,1-2H3/t18-/m0/s1. The van der Waals surface area contributed by atoms with Gasteiger partial charge in [-0.15, -0.1) is 0 Å². The highest BCUT2D eigenvalue weighted by Crippen LogP contribution is 2.22. The Bertz CT molecular complexity index is 1260. The quantitative estimate of drug-likeness (QED) is 0.480. The lowest BCUT2D eigenvalue weighted by Gasteiger charge is -2.26. The summed E-state index contributed by atoms with van der Waals surface area (Å²) >= 11 is 0. The third-order valence-electron chi connectivity index (χ3n) is 6.21. The first-order valence-corrected chi connectivity index (χ1v) is 11.5. The van der Waals surface area contributed by atoms with Gasteiger partial charge in [0.15, 0.2) is 5.69 Å². The maximum absolute atomic E-state index is 13.4. The Labute approximate surface area is 192 Å². The number of nitrogens with one attached hydrogen (secondary N) is 1. The lowest BCUT2D eigenvalue weighted by Crippen LogP contribution is -2.36. The number of amides is 1. The molecule has 4 aromatic rings. The summed E-state index contributed by atoms with van der Waals surface area (Å²) in [5, 5.41) is 7.56. The first-order chi connectivity index (χ1) is 16.1. The third kappa shape index (κ3) is 4.26. The van der Waals surface area contributed by atoms with Gasteiger partial charge in [0, 0.05) is 31.4 Å². The van der Waals surface area contributed by atoms with Crippen LogP contribution in [0, 0.1) is 6.92 Å². The zero-order valence-corrected chi connectivity index (χ0v) is 19.0. The SMILES string of the molecule is Cc1cccn2c(CN[C@@H](C)c3nc(-c4ccccc4)no3)c(C(=O)N3CCCCC3)nc12. The van der Waals surface area contributed by atoms with Gasteiger partial charge in [0.25, 0.3) is 5.91 Å². The van der Waals surface area contributed by atoms with Crippen LogP contribution in [0.2, 0.25) is 0 Å². The van der Waals surface area contributed by atoms with Crippen molar-refractivity contribution in [1.29, 1.82) is 0 Å². The first kappa shape index (κ1) is 21.3. The summed E-state index contributed by atoms with van der Waals surface area (Å²) in [5.74, 6) is 1.07. The average Bonchev–Trinajstić information content (AvgIpc) is 3.50. The number of nitrogens with zero attached hydrogens (tertiary/aromatic N) is 5. The molecule has 0 aliphatic carbocycles. The van der Waals surface area contributed by atoms with E-state index in [0.29, 0.717) is 24.0 Å². The van der Waals surface area contributed by atoms with Gasteiger partial charge < -0.3 is 19.1 Å². The number of pyridine rings is 1. The number of carbonyl (C=O) groups is 1. The molecule has 1 aliphatic heterocycles. The summed E-state index contributed by atoms with van der Waals surface area (Å²) in [6, 6.07) is 13.6. The molecule has 8 heteroatoms. The average molecular weight is 445 g/mol. The van der Waals surface area contributed by atoms with Crippen LogP contribution >= 0.6 is 0 Å². The topological polar surface area (TPSA) is 88.6 Å². The number of piperidine rings is 1. The van der Waals surface area contributed by atoms with Crippen molar-refractivity contribution < 1.29 is 9.32 Å². The van der Waals surface area contributed by atoms with E-state index < -0.39 is 0 Å². The van der Waals surface area contributed by atoms with Crippen molar-refractivity contribution in [3.05, 3.63) is 71.5 Å². The number of likely N-dealkylation sites (tertiary alicyclic amines) is 1. The van der Waals surface area contributed by atoms with E-state index >= 15 is 0 Å². The maximum atomic E-state index is 13.4. The summed E-state index contributed by atoms with van der Waals surface area (Å²) in [5.41, 5.74) is 4.12. The van der Waals surface area contributed by atoms with Crippen molar-refractivity contribution in [2.75, 3.05) is 13.1 Å². The van der Waals surface area contributed by atoms with Gasteiger partial charge in [-0.3, -0.25) is 4.79 Å². The molecule has 4 heterocycles. The van der Waals surface area contributed by atoms with Gasteiger partial charge in [-0.25, -0.2) is 4.98 Å². The summed E-state index contributed by atoms with van der Waals surface area (Å²) < 4.78 is 7.52. The molecule has 1 aromatic carbocycles. The highest BCUT2D eigenvalue weighted by atomic mass is 16.5. The Hall–Kier alpha value is -3.52. The number of fused-ring (bicyclic) bond motifs is 1. The summed E-state index contributed by atoms with van der Waals surface area (Å²) in [6.07, 6.45) is 5.23. The molecule has 0 unspecified atom stereocenters. The Morgan fingerprint density at radius 1 is 1.09 bits per heavy atom. The van der Waals surface area contributed by atoms with E-state index in [2.05, 4.69) is 15.5 Å². The van der Waals surface area contributed by atoms with Gasteiger partial charge in [-0.2, -0.15) is 4.98 Å². The molecule has 0 radical (unpaired) electrons. The molecule has 170 valence electrons. The summed E-state index contributed by atoms with van der Waals surface area (Å²) in [6.45, 7) is 6.02. The van der Waals surface area contributed by atoms with Crippen LogP contribution in [0.15, 0.2) is 53.2 Å². The number of aryl methyl sites for hydroxylation is 1. The van der Waals surface area contributed by atoms with Crippen molar-refractivity contribution in [3.8, 4) is 11.4 Å². The number of imidazole rings is 1. The number of rotatable bonds is 6. The van der Waals surface area contributed by atoms with E-state index in [0.717, 1.165) is 48.4 Å². The van der Waals surface area contributed by atoms with E-state index in [-0.39, 0.29) is 11.9 Å². The minimum Gasteiger partial charge on any atom is -0.337 e. The normalized spacial score (nSPS) is 15.2. The van der Waals surface area contributed by atoms with Gasteiger partial charge >= 0.3 is 0 Å².